The maximum absolute atomic E-state index is 12.7. The molecule has 1 aliphatic heterocycles. The quantitative estimate of drug-likeness (QED) is 0.659. The average molecular weight is 402 g/mol. The van der Waals surface area contributed by atoms with Crippen molar-refractivity contribution in [3.8, 4) is 0 Å². The third-order valence-electron chi connectivity index (χ3n) is 5.58. The first-order chi connectivity index (χ1) is 14.8. The number of piperidine rings is 1. The zero-order valence-electron chi connectivity index (χ0n) is 16.9. The van der Waals surface area contributed by atoms with Crippen molar-refractivity contribution in [3.05, 3.63) is 90.4 Å². The Kier molecular flexibility index (Phi) is 6.54. The smallest absolute Gasteiger partial charge is 0.315 e. The minimum Gasteiger partial charge on any atom is -0.355 e. The van der Waals surface area contributed by atoms with E-state index in [1.807, 2.05) is 60.7 Å². The van der Waals surface area contributed by atoms with Gasteiger partial charge in [-0.2, -0.15) is 0 Å². The van der Waals surface area contributed by atoms with Gasteiger partial charge in [0.15, 0.2) is 0 Å². The van der Waals surface area contributed by atoms with E-state index in [9.17, 15) is 4.79 Å². The lowest BCUT2D eigenvalue weighted by atomic mass is 9.97. The first-order valence-electron chi connectivity index (χ1n) is 10.4. The standard InChI is InChI=1S/C24H27N5O/c30-24(27-17-19-11-15-29(16-12-19)22-18-25-13-14-26-22)28-23(20-7-3-1-4-8-20)21-9-5-2-6-10-21/h1-10,13-14,18-19,23H,11-12,15-17H2,(H2,27,28,30). The van der Waals surface area contributed by atoms with Gasteiger partial charge in [-0.15, -0.1) is 0 Å². The number of urea groups is 1. The number of carbonyl (C=O) groups excluding carboxylic acids is 1. The van der Waals surface area contributed by atoms with Gasteiger partial charge in [-0.25, -0.2) is 9.78 Å². The van der Waals surface area contributed by atoms with E-state index < -0.39 is 0 Å². The molecule has 3 aromatic rings. The van der Waals surface area contributed by atoms with Gasteiger partial charge < -0.3 is 15.5 Å². The predicted molar refractivity (Wildman–Crippen MR) is 118 cm³/mol. The maximum atomic E-state index is 12.7. The molecule has 6 nitrogen and oxygen atoms in total. The molecule has 0 atom stereocenters. The van der Waals surface area contributed by atoms with E-state index in [1.54, 1.807) is 18.6 Å². The van der Waals surface area contributed by atoms with Gasteiger partial charge in [-0.05, 0) is 29.9 Å². The van der Waals surface area contributed by atoms with Crippen molar-refractivity contribution in [1.29, 1.82) is 0 Å². The third kappa shape index (κ3) is 5.14. The van der Waals surface area contributed by atoms with E-state index >= 15 is 0 Å². The second kappa shape index (κ2) is 9.87. The summed E-state index contributed by atoms with van der Waals surface area (Å²) < 4.78 is 0. The number of carbonyl (C=O) groups is 1. The van der Waals surface area contributed by atoms with Gasteiger partial charge >= 0.3 is 6.03 Å². The molecule has 2 heterocycles. The lowest BCUT2D eigenvalue weighted by Gasteiger charge is -2.32. The van der Waals surface area contributed by atoms with Crippen LogP contribution in [0.4, 0.5) is 10.6 Å². The summed E-state index contributed by atoms with van der Waals surface area (Å²) in [6.07, 6.45) is 7.27. The molecule has 0 saturated carbocycles. The molecule has 154 valence electrons. The van der Waals surface area contributed by atoms with E-state index in [1.165, 1.54) is 0 Å². The minimum absolute atomic E-state index is 0.135. The normalized spacial score (nSPS) is 14.5. The molecular weight excluding hydrogens is 374 g/mol. The van der Waals surface area contributed by atoms with Crippen LogP contribution in [0.15, 0.2) is 79.3 Å². The Morgan fingerprint density at radius 3 is 2.17 bits per heavy atom. The number of hydrogen-bond donors (Lipinski definition) is 2. The molecule has 1 aliphatic rings. The van der Waals surface area contributed by atoms with Gasteiger partial charge in [0.2, 0.25) is 0 Å². The van der Waals surface area contributed by atoms with Gasteiger partial charge in [-0.3, -0.25) is 4.98 Å². The van der Waals surface area contributed by atoms with Gasteiger partial charge in [0.25, 0.3) is 0 Å². The summed E-state index contributed by atoms with van der Waals surface area (Å²) in [7, 11) is 0. The zero-order chi connectivity index (χ0) is 20.6. The highest BCUT2D eigenvalue weighted by Crippen LogP contribution is 2.22. The Morgan fingerprint density at radius 1 is 0.967 bits per heavy atom. The van der Waals surface area contributed by atoms with Crippen LogP contribution < -0.4 is 15.5 Å². The predicted octanol–water partition coefficient (Wildman–Crippen LogP) is 3.78. The molecule has 4 rings (SSSR count). The van der Waals surface area contributed by atoms with Crippen molar-refractivity contribution >= 4 is 11.8 Å². The number of anilines is 1. The van der Waals surface area contributed by atoms with Gasteiger partial charge in [0.1, 0.15) is 5.82 Å². The molecule has 2 amide bonds. The molecule has 1 saturated heterocycles. The highest BCUT2D eigenvalue weighted by molar-refractivity contribution is 5.75. The Hall–Kier alpha value is -3.41. The van der Waals surface area contributed by atoms with E-state index in [4.69, 9.17) is 0 Å². The third-order valence-corrected chi connectivity index (χ3v) is 5.58. The largest absolute Gasteiger partial charge is 0.355 e. The van der Waals surface area contributed by atoms with Crippen molar-refractivity contribution in [1.82, 2.24) is 20.6 Å². The minimum atomic E-state index is -0.175. The van der Waals surface area contributed by atoms with Crippen LogP contribution in [-0.4, -0.2) is 35.6 Å². The molecule has 1 fully saturated rings. The fraction of sp³-hybridized carbons (Fsp3) is 0.292. The molecule has 2 N–H and O–H groups in total. The van der Waals surface area contributed by atoms with E-state index in [-0.39, 0.29) is 12.1 Å². The van der Waals surface area contributed by atoms with Crippen molar-refractivity contribution in [2.24, 2.45) is 5.92 Å². The lowest BCUT2D eigenvalue weighted by Crippen LogP contribution is -2.43. The van der Waals surface area contributed by atoms with Crippen molar-refractivity contribution in [3.63, 3.8) is 0 Å². The van der Waals surface area contributed by atoms with Crippen LogP contribution in [0.5, 0.6) is 0 Å². The summed E-state index contributed by atoms with van der Waals surface area (Å²) in [6, 6.07) is 19.8. The molecule has 0 aliphatic carbocycles. The van der Waals surface area contributed by atoms with Crippen molar-refractivity contribution < 1.29 is 4.79 Å². The molecule has 6 heteroatoms. The summed E-state index contributed by atoms with van der Waals surface area (Å²) in [6.45, 7) is 2.54. The van der Waals surface area contributed by atoms with E-state index in [0.717, 1.165) is 42.9 Å². The van der Waals surface area contributed by atoms with Crippen LogP contribution in [0.3, 0.4) is 0 Å². The van der Waals surface area contributed by atoms with Crippen molar-refractivity contribution in [2.45, 2.75) is 18.9 Å². The second-order valence-electron chi connectivity index (χ2n) is 7.60. The van der Waals surface area contributed by atoms with Crippen LogP contribution in [0, 0.1) is 5.92 Å². The number of benzene rings is 2. The summed E-state index contributed by atoms with van der Waals surface area (Å²) in [5.74, 6) is 1.39. The Morgan fingerprint density at radius 2 is 1.60 bits per heavy atom. The molecule has 30 heavy (non-hydrogen) atoms. The molecular formula is C24H27N5O. The topological polar surface area (TPSA) is 70.2 Å². The Labute approximate surface area is 177 Å². The summed E-state index contributed by atoms with van der Waals surface area (Å²) in [5.41, 5.74) is 2.13. The summed E-state index contributed by atoms with van der Waals surface area (Å²) in [5, 5.41) is 6.23. The Balaban J connectivity index is 1.30. The first kappa shape index (κ1) is 19.9. The molecule has 1 aromatic heterocycles. The summed E-state index contributed by atoms with van der Waals surface area (Å²) in [4.78, 5) is 23.5. The number of nitrogens with one attached hydrogen (secondary N) is 2. The molecule has 0 spiro atoms. The molecule has 0 radical (unpaired) electrons. The monoisotopic (exact) mass is 401 g/mol. The SMILES string of the molecule is O=C(NCC1CCN(c2cnccn2)CC1)NC(c1ccccc1)c1ccccc1. The number of aromatic nitrogens is 2. The second-order valence-corrected chi connectivity index (χ2v) is 7.60. The number of hydrogen-bond acceptors (Lipinski definition) is 4. The van der Waals surface area contributed by atoms with Gasteiger partial charge in [0, 0.05) is 32.0 Å². The lowest BCUT2D eigenvalue weighted by molar-refractivity contribution is 0.235. The molecule has 0 unspecified atom stereocenters. The zero-order valence-corrected chi connectivity index (χ0v) is 16.9. The van der Waals surface area contributed by atoms with Crippen LogP contribution in [-0.2, 0) is 0 Å². The maximum Gasteiger partial charge on any atom is 0.315 e. The van der Waals surface area contributed by atoms with Gasteiger partial charge in [0.05, 0.1) is 12.2 Å². The summed E-state index contributed by atoms with van der Waals surface area (Å²) >= 11 is 0. The number of amides is 2. The van der Waals surface area contributed by atoms with Crippen LogP contribution in [0.25, 0.3) is 0 Å². The highest BCUT2D eigenvalue weighted by atomic mass is 16.2. The van der Waals surface area contributed by atoms with Crippen LogP contribution in [0.1, 0.15) is 30.0 Å². The average Bonchev–Trinajstić information content (AvgIpc) is 2.83. The van der Waals surface area contributed by atoms with Crippen LogP contribution >= 0.6 is 0 Å². The molecule has 2 aromatic carbocycles. The molecule has 0 bridgehead atoms. The van der Waals surface area contributed by atoms with Crippen LogP contribution in [0.2, 0.25) is 0 Å². The number of rotatable bonds is 6. The van der Waals surface area contributed by atoms with E-state index in [2.05, 4.69) is 25.5 Å². The fourth-order valence-corrected chi connectivity index (χ4v) is 3.89. The van der Waals surface area contributed by atoms with E-state index in [0.29, 0.717) is 12.5 Å². The Bertz CT molecular complexity index is 873. The first-order valence-corrected chi connectivity index (χ1v) is 10.4. The van der Waals surface area contributed by atoms with Crippen molar-refractivity contribution in [2.75, 3.05) is 24.5 Å². The fourth-order valence-electron chi connectivity index (χ4n) is 3.89. The van der Waals surface area contributed by atoms with Gasteiger partial charge in [-0.1, -0.05) is 60.7 Å². The highest BCUT2D eigenvalue weighted by Gasteiger charge is 2.22. The number of nitrogens with zero attached hydrogens (tertiary/aromatic N) is 3.